The third-order valence-electron chi connectivity index (χ3n) is 5.99. The standard InChI is InChI=1S/C28H33NO3/c1-4-31-22-14-12-20(13-15-22)18-28(2,3)17-16-21(30)19-32-26-11-7-10-25-27(26)23-8-5-6-9-24(23)29-25/h5-15,21,29-30H,4,16-19H2,1-3H3/t21-/m0/s1. The number of nitrogens with one attached hydrogen (secondary N) is 1. The molecule has 0 aliphatic rings. The Morgan fingerprint density at radius 2 is 1.66 bits per heavy atom. The minimum atomic E-state index is -0.505. The Hall–Kier alpha value is -2.98. The highest BCUT2D eigenvalue weighted by Gasteiger charge is 2.21. The van der Waals surface area contributed by atoms with Crippen molar-refractivity contribution < 1.29 is 14.6 Å². The lowest BCUT2D eigenvalue weighted by molar-refractivity contribution is 0.0877. The van der Waals surface area contributed by atoms with Gasteiger partial charge in [-0.2, -0.15) is 0 Å². The van der Waals surface area contributed by atoms with Gasteiger partial charge in [0.2, 0.25) is 0 Å². The average molecular weight is 432 g/mol. The number of aliphatic hydroxyl groups is 1. The average Bonchev–Trinajstić information content (AvgIpc) is 3.17. The first kappa shape index (κ1) is 22.2. The number of H-pyrrole nitrogens is 1. The van der Waals surface area contributed by atoms with Crippen molar-refractivity contribution in [3.8, 4) is 11.5 Å². The zero-order valence-electron chi connectivity index (χ0n) is 19.2. The van der Waals surface area contributed by atoms with E-state index in [4.69, 9.17) is 9.47 Å². The van der Waals surface area contributed by atoms with E-state index in [1.165, 1.54) is 5.56 Å². The van der Waals surface area contributed by atoms with E-state index in [9.17, 15) is 5.11 Å². The predicted molar refractivity (Wildman–Crippen MR) is 132 cm³/mol. The molecule has 0 bridgehead atoms. The van der Waals surface area contributed by atoms with E-state index in [-0.39, 0.29) is 12.0 Å². The molecule has 4 heteroatoms. The summed E-state index contributed by atoms with van der Waals surface area (Å²) in [4.78, 5) is 3.43. The number of para-hydroxylation sites is 1. The fourth-order valence-electron chi connectivity index (χ4n) is 4.33. The quantitative estimate of drug-likeness (QED) is 0.301. The summed E-state index contributed by atoms with van der Waals surface area (Å²) in [6.07, 6.45) is 2.08. The molecule has 4 nitrogen and oxygen atoms in total. The number of ether oxygens (including phenoxy) is 2. The second-order valence-electron chi connectivity index (χ2n) is 9.27. The van der Waals surface area contributed by atoms with Crippen LogP contribution in [-0.2, 0) is 6.42 Å². The van der Waals surface area contributed by atoms with Crippen LogP contribution in [0.5, 0.6) is 11.5 Å². The molecule has 0 fully saturated rings. The van der Waals surface area contributed by atoms with E-state index < -0.39 is 6.10 Å². The first-order valence-electron chi connectivity index (χ1n) is 11.5. The highest BCUT2D eigenvalue weighted by molar-refractivity contribution is 6.10. The third kappa shape index (κ3) is 5.25. The van der Waals surface area contributed by atoms with Gasteiger partial charge in [-0.15, -0.1) is 0 Å². The van der Waals surface area contributed by atoms with Crippen molar-refractivity contribution in [2.75, 3.05) is 13.2 Å². The maximum Gasteiger partial charge on any atom is 0.129 e. The molecule has 2 N–H and O–H groups in total. The van der Waals surface area contributed by atoms with Gasteiger partial charge in [-0.1, -0.05) is 50.2 Å². The first-order valence-corrected chi connectivity index (χ1v) is 11.5. The van der Waals surface area contributed by atoms with Gasteiger partial charge in [0, 0.05) is 16.3 Å². The lowest BCUT2D eigenvalue weighted by Crippen LogP contribution is -2.22. The molecular formula is C28H33NO3. The Bertz CT molecular complexity index is 1160. The number of aromatic amines is 1. The van der Waals surface area contributed by atoms with E-state index in [2.05, 4.69) is 49.2 Å². The van der Waals surface area contributed by atoms with Crippen LogP contribution in [0.1, 0.15) is 39.2 Å². The Kier molecular flexibility index (Phi) is 6.71. The molecule has 1 atom stereocenters. The second-order valence-corrected chi connectivity index (χ2v) is 9.27. The molecule has 0 amide bonds. The Morgan fingerprint density at radius 1 is 0.906 bits per heavy atom. The molecule has 168 valence electrons. The van der Waals surface area contributed by atoms with Gasteiger partial charge < -0.3 is 19.6 Å². The first-order chi connectivity index (χ1) is 15.4. The molecule has 0 spiro atoms. The van der Waals surface area contributed by atoms with Crippen molar-refractivity contribution in [2.24, 2.45) is 5.41 Å². The zero-order valence-corrected chi connectivity index (χ0v) is 19.2. The largest absolute Gasteiger partial charge is 0.494 e. The minimum absolute atomic E-state index is 0.0883. The van der Waals surface area contributed by atoms with Gasteiger partial charge in [-0.25, -0.2) is 0 Å². The summed E-state index contributed by atoms with van der Waals surface area (Å²) in [5.74, 6) is 1.72. The van der Waals surface area contributed by atoms with Gasteiger partial charge in [-0.05, 0) is 67.5 Å². The van der Waals surface area contributed by atoms with Crippen LogP contribution in [0.2, 0.25) is 0 Å². The van der Waals surface area contributed by atoms with Gasteiger partial charge in [0.05, 0.1) is 18.2 Å². The molecule has 0 aliphatic heterocycles. The molecular weight excluding hydrogens is 398 g/mol. The highest BCUT2D eigenvalue weighted by Crippen LogP contribution is 2.33. The van der Waals surface area contributed by atoms with Gasteiger partial charge in [0.15, 0.2) is 0 Å². The summed E-state index contributed by atoms with van der Waals surface area (Å²) in [5, 5.41) is 12.8. The number of aromatic nitrogens is 1. The van der Waals surface area contributed by atoms with Gasteiger partial charge in [-0.3, -0.25) is 0 Å². The van der Waals surface area contributed by atoms with Crippen molar-refractivity contribution >= 4 is 21.8 Å². The van der Waals surface area contributed by atoms with Crippen molar-refractivity contribution in [1.29, 1.82) is 0 Å². The molecule has 4 rings (SSSR count). The maximum absolute atomic E-state index is 10.6. The molecule has 0 radical (unpaired) electrons. The van der Waals surface area contributed by atoms with Gasteiger partial charge >= 0.3 is 0 Å². The van der Waals surface area contributed by atoms with Crippen LogP contribution in [-0.4, -0.2) is 29.4 Å². The lowest BCUT2D eigenvalue weighted by atomic mass is 9.81. The van der Waals surface area contributed by atoms with Crippen LogP contribution < -0.4 is 9.47 Å². The molecule has 1 aromatic heterocycles. The summed E-state index contributed by atoms with van der Waals surface area (Å²) in [6.45, 7) is 7.47. The van der Waals surface area contributed by atoms with Crippen molar-refractivity contribution in [3.05, 3.63) is 72.3 Å². The number of benzene rings is 3. The third-order valence-corrected chi connectivity index (χ3v) is 5.99. The van der Waals surface area contributed by atoms with E-state index in [1.807, 2.05) is 43.3 Å². The molecule has 0 saturated carbocycles. The van der Waals surface area contributed by atoms with Crippen LogP contribution in [0.15, 0.2) is 66.7 Å². The Labute approximate surface area is 190 Å². The number of aliphatic hydroxyl groups excluding tert-OH is 1. The maximum atomic E-state index is 10.6. The summed E-state index contributed by atoms with van der Waals surface area (Å²) < 4.78 is 11.6. The monoisotopic (exact) mass is 431 g/mol. The minimum Gasteiger partial charge on any atom is -0.494 e. The molecule has 0 aliphatic carbocycles. The number of hydrogen-bond acceptors (Lipinski definition) is 3. The Balaban J connectivity index is 1.33. The molecule has 0 saturated heterocycles. The summed E-state index contributed by atoms with van der Waals surface area (Å²) >= 11 is 0. The number of rotatable bonds is 10. The number of fused-ring (bicyclic) bond motifs is 3. The summed E-state index contributed by atoms with van der Waals surface area (Å²) in [6, 6.07) is 22.6. The van der Waals surface area contributed by atoms with Crippen molar-refractivity contribution in [3.63, 3.8) is 0 Å². The fourth-order valence-corrected chi connectivity index (χ4v) is 4.33. The van der Waals surface area contributed by atoms with Crippen LogP contribution in [0, 0.1) is 5.41 Å². The summed E-state index contributed by atoms with van der Waals surface area (Å²) in [7, 11) is 0. The fraction of sp³-hybridized carbons (Fsp3) is 0.357. The SMILES string of the molecule is CCOc1ccc(CC(C)(C)CC[C@H](O)COc2cccc3[nH]c4ccccc4c23)cc1. The smallest absolute Gasteiger partial charge is 0.129 e. The molecule has 4 aromatic rings. The van der Waals surface area contributed by atoms with Crippen molar-refractivity contribution in [1.82, 2.24) is 4.98 Å². The van der Waals surface area contributed by atoms with Crippen LogP contribution in [0.25, 0.3) is 21.8 Å². The highest BCUT2D eigenvalue weighted by atomic mass is 16.5. The van der Waals surface area contributed by atoms with Crippen molar-refractivity contribution in [2.45, 2.75) is 46.1 Å². The normalized spacial score (nSPS) is 12.9. The van der Waals surface area contributed by atoms with Crippen LogP contribution in [0.4, 0.5) is 0 Å². The zero-order chi connectivity index (χ0) is 22.6. The predicted octanol–water partition coefficient (Wildman–Crippen LogP) is 6.51. The van der Waals surface area contributed by atoms with E-state index in [0.717, 1.165) is 46.1 Å². The molecule has 0 unspecified atom stereocenters. The van der Waals surface area contributed by atoms with Crippen LogP contribution >= 0.6 is 0 Å². The molecule has 1 heterocycles. The van der Waals surface area contributed by atoms with Gasteiger partial charge in [0.25, 0.3) is 0 Å². The topological polar surface area (TPSA) is 54.5 Å². The second kappa shape index (κ2) is 9.66. The molecule has 3 aromatic carbocycles. The van der Waals surface area contributed by atoms with Crippen LogP contribution in [0.3, 0.4) is 0 Å². The summed E-state index contributed by atoms with van der Waals surface area (Å²) in [5.41, 5.74) is 3.52. The lowest BCUT2D eigenvalue weighted by Gasteiger charge is -2.26. The van der Waals surface area contributed by atoms with E-state index >= 15 is 0 Å². The molecule has 32 heavy (non-hydrogen) atoms. The van der Waals surface area contributed by atoms with Gasteiger partial charge in [0.1, 0.15) is 18.1 Å². The van der Waals surface area contributed by atoms with E-state index in [1.54, 1.807) is 0 Å². The van der Waals surface area contributed by atoms with E-state index in [0.29, 0.717) is 13.0 Å². The Morgan fingerprint density at radius 3 is 2.44 bits per heavy atom. The number of hydrogen-bond donors (Lipinski definition) is 2.